The highest BCUT2D eigenvalue weighted by molar-refractivity contribution is 6.13. The largest absolute Gasteiger partial charge is 0.441 e. The van der Waals surface area contributed by atoms with E-state index in [0.717, 1.165) is 59.5 Å². The topological polar surface area (TPSA) is 81.2 Å². The molecule has 2 aromatic rings. The molecule has 6 nitrogen and oxygen atoms in total. The third-order valence-corrected chi connectivity index (χ3v) is 6.66. The molecule has 6 heteroatoms. The zero-order valence-electron chi connectivity index (χ0n) is 20.9. The van der Waals surface area contributed by atoms with Crippen molar-refractivity contribution in [3.05, 3.63) is 24.3 Å². The summed E-state index contributed by atoms with van der Waals surface area (Å²) < 4.78 is 12.3. The highest BCUT2D eigenvalue weighted by Crippen LogP contribution is 2.47. The van der Waals surface area contributed by atoms with E-state index in [4.69, 9.17) is 25.2 Å². The SMILES string of the molecule is CCCCCCCCNC1=Nc2ccc3c4c(ccc(c24)O1)N=C(C(N)CCCCCCC)O3. The number of aliphatic imine (C=N–C) groups is 2. The Morgan fingerprint density at radius 3 is 2.03 bits per heavy atom. The number of ether oxygens (including phenoxy) is 2. The van der Waals surface area contributed by atoms with E-state index in [1.807, 2.05) is 24.3 Å². The van der Waals surface area contributed by atoms with E-state index in [9.17, 15) is 0 Å². The number of nitrogens with two attached hydrogens (primary N) is 1. The minimum absolute atomic E-state index is 0.191. The van der Waals surface area contributed by atoms with Gasteiger partial charge in [0.2, 0.25) is 5.90 Å². The number of benzene rings is 2. The fourth-order valence-corrected chi connectivity index (χ4v) is 4.67. The number of nitrogens with one attached hydrogen (secondary N) is 1. The van der Waals surface area contributed by atoms with Gasteiger partial charge in [0.1, 0.15) is 11.5 Å². The second-order valence-electron chi connectivity index (χ2n) is 9.49. The van der Waals surface area contributed by atoms with Crippen LogP contribution in [0.2, 0.25) is 0 Å². The predicted octanol–water partition coefficient (Wildman–Crippen LogP) is 7.28. The molecule has 2 heterocycles. The van der Waals surface area contributed by atoms with E-state index in [2.05, 4.69) is 19.2 Å². The first-order valence-electron chi connectivity index (χ1n) is 13.3. The van der Waals surface area contributed by atoms with Gasteiger partial charge in [0.15, 0.2) is 0 Å². The van der Waals surface area contributed by atoms with Crippen molar-refractivity contribution in [1.82, 2.24) is 5.32 Å². The average Bonchev–Trinajstić information content (AvgIpc) is 2.86. The summed E-state index contributed by atoms with van der Waals surface area (Å²) in [7, 11) is 0. The first kappa shape index (κ1) is 24.5. The summed E-state index contributed by atoms with van der Waals surface area (Å²) in [5.41, 5.74) is 8.20. The maximum absolute atomic E-state index is 6.44. The van der Waals surface area contributed by atoms with Gasteiger partial charge in [-0.3, -0.25) is 0 Å². The van der Waals surface area contributed by atoms with E-state index >= 15 is 0 Å². The van der Waals surface area contributed by atoms with Crippen molar-refractivity contribution in [3.8, 4) is 11.5 Å². The molecular formula is C28H40N4O2. The maximum Gasteiger partial charge on any atom is 0.295 e. The summed E-state index contributed by atoms with van der Waals surface area (Å²) in [5, 5.41) is 5.27. The molecule has 2 aliphatic heterocycles. The second-order valence-corrected chi connectivity index (χ2v) is 9.49. The van der Waals surface area contributed by atoms with Gasteiger partial charge in [-0.1, -0.05) is 78.1 Å². The molecule has 34 heavy (non-hydrogen) atoms. The van der Waals surface area contributed by atoms with Crippen molar-refractivity contribution in [3.63, 3.8) is 0 Å². The van der Waals surface area contributed by atoms with Crippen molar-refractivity contribution in [2.75, 3.05) is 6.54 Å². The lowest BCUT2D eigenvalue weighted by Crippen LogP contribution is -2.35. The average molecular weight is 465 g/mol. The standard InChI is InChI=1S/C28H40N4O2/c1-3-5-7-9-11-13-19-30-28-32-22-16-17-23-25-21(15-18-24(34-28)26(22)25)31-27(33-23)20(29)14-12-10-8-6-4-2/h15-18,20H,3-14,19,29H2,1-2H3,(H,30,32). The minimum atomic E-state index is -0.191. The normalized spacial score (nSPS) is 14.8. The lowest BCUT2D eigenvalue weighted by atomic mass is 10.0. The maximum atomic E-state index is 6.44. The zero-order chi connectivity index (χ0) is 23.8. The summed E-state index contributed by atoms with van der Waals surface area (Å²) in [6, 6.07) is 8.33. The van der Waals surface area contributed by atoms with Crippen LogP contribution >= 0.6 is 0 Å². The molecule has 0 saturated carbocycles. The Balaban J connectivity index is 1.41. The molecule has 0 radical (unpaired) electrons. The Labute approximate surface area is 204 Å². The van der Waals surface area contributed by atoms with Crippen LogP contribution in [-0.4, -0.2) is 24.5 Å². The molecule has 0 aliphatic carbocycles. The number of amidine groups is 1. The quantitative estimate of drug-likeness (QED) is 0.288. The van der Waals surface area contributed by atoms with Gasteiger partial charge in [-0.15, -0.1) is 0 Å². The molecule has 0 aromatic heterocycles. The Bertz CT molecular complexity index is 1030. The van der Waals surface area contributed by atoms with E-state index in [-0.39, 0.29) is 6.04 Å². The van der Waals surface area contributed by atoms with Gasteiger partial charge < -0.3 is 20.5 Å². The second kappa shape index (κ2) is 12.2. The van der Waals surface area contributed by atoms with E-state index < -0.39 is 0 Å². The third-order valence-electron chi connectivity index (χ3n) is 6.66. The van der Waals surface area contributed by atoms with Crippen LogP contribution in [0, 0.1) is 0 Å². The van der Waals surface area contributed by atoms with Crippen LogP contribution in [0.5, 0.6) is 11.5 Å². The number of unbranched alkanes of at least 4 members (excludes halogenated alkanes) is 9. The number of hydrogen-bond donors (Lipinski definition) is 2. The molecule has 0 amide bonds. The molecule has 1 atom stereocenters. The number of nitrogens with zero attached hydrogens (tertiary/aromatic N) is 2. The molecule has 184 valence electrons. The highest BCUT2D eigenvalue weighted by Gasteiger charge is 2.26. The van der Waals surface area contributed by atoms with Crippen LogP contribution in [0.25, 0.3) is 10.8 Å². The summed E-state index contributed by atoms with van der Waals surface area (Å²) in [4.78, 5) is 9.50. The fourth-order valence-electron chi connectivity index (χ4n) is 4.67. The Morgan fingerprint density at radius 2 is 1.32 bits per heavy atom. The Morgan fingerprint density at radius 1 is 0.735 bits per heavy atom. The number of rotatable bonds is 14. The van der Waals surface area contributed by atoms with Crippen molar-refractivity contribution in [1.29, 1.82) is 0 Å². The van der Waals surface area contributed by atoms with E-state index in [1.54, 1.807) is 0 Å². The smallest absolute Gasteiger partial charge is 0.295 e. The fraction of sp³-hybridized carbons (Fsp3) is 0.571. The van der Waals surface area contributed by atoms with Crippen LogP contribution < -0.4 is 20.5 Å². The van der Waals surface area contributed by atoms with E-state index in [1.165, 1.54) is 57.8 Å². The molecule has 1 unspecified atom stereocenters. The molecule has 0 saturated heterocycles. The highest BCUT2D eigenvalue weighted by atomic mass is 16.5. The lowest BCUT2D eigenvalue weighted by Gasteiger charge is -2.25. The molecule has 2 aromatic carbocycles. The van der Waals surface area contributed by atoms with Gasteiger partial charge >= 0.3 is 0 Å². The summed E-state index contributed by atoms with van der Waals surface area (Å²) in [5.74, 6) is 2.18. The lowest BCUT2D eigenvalue weighted by molar-refractivity contribution is 0.493. The van der Waals surface area contributed by atoms with Crippen LogP contribution in [0.1, 0.15) is 90.9 Å². The molecule has 4 rings (SSSR count). The van der Waals surface area contributed by atoms with Gasteiger partial charge in [-0.2, -0.15) is 4.99 Å². The van der Waals surface area contributed by atoms with Crippen LogP contribution in [-0.2, 0) is 0 Å². The van der Waals surface area contributed by atoms with Crippen LogP contribution in [0.15, 0.2) is 34.3 Å². The molecular weight excluding hydrogens is 424 g/mol. The molecule has 0 bridgehead atoms. The van der Waals surface area contributed by atoms with Gasteiger partial charge in [0.05, 0.1) is 28.2 Å². The van der Waals surface area contributed by atoms with Crippen molar-refractivity contribution in [2.24, 2.45) is 15.7 Å². The summed E-state index contributed by atoms with van der Waals surface area (Å²) >= 11 is 0. The van der Waals surface area contributed by atoms with Crippen molar-refractivity contribution < 1.29 is 9.47 Å². The van der Waals surface area contributed by atoms with E-state index in [0.29, 0.717) is 11.9 Å². The Kier molecular flexibility index (Phi) is 8.80. The summed E-state index contributed by atoms with van der Waals surface area (Å²) in [6.45, 7) is 5.34. The van der Waals surface area contributed by atoms with Crippen molar-refractivity contribution >= 4 is 34.1 Å². The zero-order valence-corrected chi connectivity index (χ0v) is 20.9. The molecule has 0 spiro atoms. The first-order valence-corrected chi connectivity index (χ1v) is 13.3. The summed E-state index contributed by atoms with van der Waals surface area (Å²) in [6.07, 6.45) is 14.6. The van der Waals surface area contributed by atoms with Gasteiger partial charge in [-0.25, -0.2) is 4.99 Å². The monoisotopic (exact) mass is 464 g/mol. The van der Waals surface area contributed by atoms with Crippen molar-refractivity contribution in [2.45, 2.75) is 96.9 Å². The van der Waals surface area contributed by atoms with Crippen LogP contribution in [0.4, 0.5) is 11.4 Å². The van der Waals surface area contributed by atoms with Crippen LogP contribution in [0.3, 0.4) is 0 Å². The molecule has 3 N–H and O–H groups in total. The molecule has 0 fully saturated rings. The predicted molar refractivity (Wildman–Crippen MR) is 142 cm³/mol. The number of hydrogen-bond acceptors (Lipinski definition) is 6. The minimum Gasteiger partial charge on any atom is -0.441 e. The van der Waals surface area contributed by atoms with Gasteiger partial charge in [0.25, 0.3) is 6.02 Å². The first-order chi connectivity index (χ1) is 16.7. The van der Waals surface area contributed by atoms with Gasteiger partial charge in [-0.05, 0) is 37.1 Å². The molecule has 2 aliphatic rings. The third kappa shape index (κ3) is 5.90. The Hall–Kier alpha value is -2.60. The van der Waals surface area contributed by atoms with Gasteiger partial charge in [0, 0.05) is 6.54 Å².